The molecular weight excluding hydrogens is 188 g/mol. The Morgan fingerprint density at radius 3 is 2.40 bits per heavy atom. The molecule has 3 fully saturated rings. The van der Waals surface area contributed by atoms with Crippen molar-refractivity contribution >= 4 is 0 Å². The Morgan fingerprint density at radius 1 is 1.27 bits per heavy atom. The summed E-state index contributed by atoms with van der Waals surface area (Å²) in [5, 5.41) is 0. The Balaban J connectivity index is 1.71. The fourth-order valence-corrected chi connectivity index (χ4v) is 3.37. The van der Waals surface area contributed by atoms with E-state index in [0.717, 1.165) is 6.61 Å². The molecule has 0 aromatic carbocycles. The van der Waals surface area contributed by atoms with Crippen LogP contribution < -0.4 is 5.73 Å². The number of hydrogen-bond donors (Lipinski definition) is 1. The normalized spacial score (nSPS) is 37.6. The van der Waals surface area contributed by atoms with E-state index in [1.807, 2.05) is 0 Å². The lowest BCUT2D eigenvalue weighted by Crippen LogP contribution is -2.51. The molecule has 2 aliphatic heterocycles. The number of nitrogens with zero attached hydrogens (tertiary/aromatic N) is 1. The van der Waals surface area contributed by atoms with Crippen LogP contribution in [0, 0.1) is 5.41 Å². The van der Waals surface area contributed by atoms with Gasteiger partial charge in [-0.1, -0.05) is 6.92 Å². The van der Waals surface area contributed by atoms with Crippen molar-refractivity contribution < 1.29 is 4.74 Å². The van der Waals surface area contributed by atoms with Gasteiger partial charge in [-0.3, -0.25) is 0 Å². The number of piperidine rings is 1. The highest BCUT2D eigenvalue weighted by Crippen LogP contribution is 2.56. The van der Waals surface area contributed by atoms with Gasteiger partial charge in [0, 0.05) is 11.5 Å². The fraction of sp³-hybridized carbons (Fsp3) is 1.00. The zero-order valence-electron chi connectivity index (χ0n) is 9.67. The summed E-state index contributed by atoms with van der Waals surface area (Å²) >= 11 is 0. The minimum atomic E-state index is 0.119. The average Bonchev–Trinajstić information content (AvgIpc) is 3.02. The molecule has 2 saturated heterocycles. The van der Waals surface area contributed by atoms with Crippen molar-refractivity contribution in [2.75, 3.05) is 26.2 Å². The lowest BCUT2D eigenvalue weighted by molar-refractivity contribution is 0.0582. The van der Waals surface area contributed by atoms with E-state index in [0.29, 0.717) is 11.5 Å². The highest BCUT2D eigenvalue weighted by atomic mass is 16.5. The predicted octanol–water partition coefficient (Wildman–Crippen LogP) is 0.979. The van der Waals surface area contributed by atoms with Crippen LogP contribution in [0.3, 0.4) is 0 Å². The van der Waals surface area contributed by atoms with Crippen molar-refractivity contribution in [3.63, 3.8) is 0 Å². The molecule has 0 radical (unpaired) electrons. The minimum Gasteiger partial charge on any atom is -0.373 e. The molecule has 3 heteroatoms. The summed E-state index contributed by atoms with van der Waals surface area (Å²) < 4.78 is 5.98. The standard InChI is InChI=1S/C12H22N2O/c1-2-14-7-5-11(6-8-14)9-15-12(3-4-12)10(11)13/h10H,2-9,13H2,1H3/t10-/m0/s1. The molecule has 2 spiro atoms. The third-order valence-corrected chi connectivity index (χ3v) is 4.92. The molecule has 86 valence electrons. The summed E-state index contributed by atoms with van der Waals surface area (Å²) in [7, 11) is 0. The molecule has 0 bridgehead atoms. The van der Waals surface area contributed by atoms with E-state index in [1.54, 1.807) is 0 Å². The topological polar surface area (TPSA) is 38.5 Å². The maximum Gasteiger partial charge on any atom is 0.0841 e. The number of rotatable bonds is 1. The number of likely N-dealkylation sites (tertiary alicyclic amines) is 1. The van der Waals surface area contributed by atoms with Crippen LogP contribution >= 0.6 is 0 Å². The van der Waals surface area contributed by atoms with Gasteiger partial charge in [-0.15, -0.1) is 0 Å². The van der Waals surface area contributed by atoms with Crippen LogP contribution in [0.25, 0.3) is 0 Å². The second-order valence-electron chi connectivity index (χ2n) is 5.63. The molecule has 2 heterocycles. The quantitative estimate of drug-likeness (QED) is 0.701. The summed E-state index contributed by atoms with van der Waals surface area (Å²) in [6.45, 7) is 6.77. The van der Waals surface area contributed by atoms with Crippen LogP contribution in [0.15, 0.2) is 0 Å². The van der Waals surface area contributed by atoms with E-state index in [9.17, 15) is 0 Å². The third-order valence-electron chi connectivity index (χ3n) is 4.92. The first-order valence-electron chi connectivity index (χ1n) is 6.33. The average molecular weight is 210 g/mol. The Bertz CT molecular complexity index is 254. The first kappa shape index (κ1) is 10.1. The van der Waals surface area contributed by atoms with Gasteiger partial charge in [0.2, 0.25) is 0 Å². The molecule has 0 aromatic heterocycles. The molecule has 15 heavy (non-hydrogen) atoms. The van der Waals surface area contributed by atoms with Crippen LogP contribution in [0.2, 0.25) is 0 Å². The van der Waals surface area contributed by atoms with Gasteiger partial charge in [0.1, 0.15) is 0 Å². The summed E-state index contributed by atoms with van der Waals surface area (Å²) in [5.74, 6) is 0. The van der Waals surface area contributed by atoms with Crippen LogP contribution in [-0.4, -0.2) is 42.8 Å². The SMILES string of the molecule is CCN1CCC2(CC1)COC1(CC1)[C@H]2N. The molecule has 0 unspecified atom stereocenters. The summed E-state index contributed by atoms with van der Waals surface area (Å²) in [6.07, 6.45) is 4.88. The second kappa shape index (κ2) is 3.19. The maximum absolute atomic E-state index is 6.43. The van der Waals surface area contributed by atoms with Gasteiger partial charge < -0.3 is 15.4 Å². The Hall–Kier alpha value is -0.120. The van der Waals surface area contributed by atoms with Gasteiger partial charge in [0.15, 0.2) is 0 Å². The predicted molar refractivity (Wildman–Crippen MR) is 59.7 cm³/mol. The zero-order chi connectivity index (χ0) is 10.5. The third kappa shape index (κ3) is 1.37. The molecule has 1 aliphatic carbocycles. The first-order valence-corrected chi connectivity index (χ1v) is 6.33. The van der Waals surface area contributed by atoms with Gasteiger partial charge in [0.05, 0.1) is 12.2 Å². The minimum absolute atomic E-state index is 0.119. The van der Waals surface area contributed by atoms with Gasteiger partial charge >= 0.3 is 0 Å². The summed E-state index contributed by atoms with van der Waals surface area (Å²) in [5.41, 5.74) is 6.87. The van der Waals surface area contributed by atoms with Crippen LogP contribution in [0.5, 0.6) is 0 Å². The van der Waals surface area contributed by atoms with Gasteiger partial charge in [-0.2, -0.15) is 0 Å². The largest absolute Gasteiger partial charge is 0.373 e. The first-order chi connectivity index (χ1) is 7.21. The van der Waals surface area contributed by atoms with Crippen molar-refractivity contribution in [3.05, 3.63) is 0 Å². The van der Waals surface area contributed by atoms with Gasteiger partial charge in [-0.25, -0.2) is 0 Å². The van der Waals surface area contributed by atoms with E-state index < -0.39 is 0 Å². The monoisotopic (exact) mass is 210 g/mol. The van der Waals surface area contributed by atoms with E-state index in [2.05, 4.69) is 11.8 Å². The molecule has 0 amide bonds. The van der Waals surface area contributed by atoms with Crippen LogP contribution in [0.1, 0.15) is 32.6 Å². The van der Waals surface area contributed by atoms with E-state index in [1.165, 1.54) is 45.3 Å². The number of nitrogens with two attached hydrogens (primary N) is 1. The highest BCUT2D eigenvalue weighted by Gasteiger charge is 2.62. The molecular formula is C12H22N2O. The van der Waals surface area contributed by atoms with Crippen molar-refractivity contribution in [1.29, 1.82) is 0 Å². The highest BCUT2D eigenvalue weighted by molar-refractivity contribution is 5.16. The van der Waals surface area contributed by atoms with Crippen molar-refractivity contribution in [1.82, 2.24) is 4.90 Å². The molecule has 0 aromatic rings. The Kier molecular flexibility index (Phi) is 2.14. The fourth-order valence-electron chi connectivity index (χ4n) is 3.37. The molecule has 2 N–H and O–H groups in total. The van der Waals surface area contributed by atoms with E-state index in [-0.39, 0.29) is 5.60 Å². The molecule has 3 aliphatic rings. The maximum atomic E-state index is 6.43. The van der Waals surface area contributed by atoms with Crippen molar-refractivity contribution in [2.45, 2.75) is 44.2 Å². The Labute approximate surface area is 91.9 Å². The van der Waals surface area contributed by atoms with E-state index >= 15 is 0 Å². The Morgan fingerprint density at radius 2 is 1.93 bits per heavy atom. The lowest BCUT2D eigenvalue weighted by Gasteiger charge is -2.41. The van der Waals surface area contributed by atoms with E-state index in [4.69, 9.17) is 10.5 Å². The van der Waals surface area contributed by atoms with Gasteiger partial charge in [0.25, 0.3) is 0 Å². The molecule has 1 atom stereocenters. The summed E-state index contributed by atoms with van der Waals surface area (Å²) in [6, 6.07) is 0.309. The molecule has 3 nitrogen and oxygen atoms in total. The second-order valence-corrected chi connectivity index (χ2v) is 5.63. The van der Waals surface area contributed by atoms with Crippen LogP contribution in [-0.2, 0) is 4.74 Å². The van der Waals surface area contributed by atoms with Crippen molar-refractivity contribution in [3.8, 4) is 0 Å². The van der Waals surface area contributed by atoms with Gasteiger partial charge in [-0.05, 0) is 45.3 Å². The lowest BCUT2D eigenvalue weighted by atomic mass is 9.72. The molecule has 1 saturated carbocycles. The van der Waals surface area contributed by atoms with Crippen molar-refractivity contribution in [2.24, 2.45) is 11.1 Å². The number of hydrogen-bond acceptors (Lipinski definition) is 3. The smallest absolute Gasteiger partial charge is 0.0841 e. The number of ether oxygens (including phenoxy) is 1. The molecule has 3 rings (SSSR count). The van der Waals surface area contributed by atoms with Crippen LogP contribution in [0.4, 0.5) is 0 Å². The zero-order valence-corrected chi connectivity index (χ0v) is 9.67. The summed E-state index contributed by atoms with van der Waals surface area (Å²) in [4.78, 5) is 2.52.